The van der Waals surface area contributed by atoms with Crippen LogP contribution in [0.5, 0.6) is 0 Å². The molecule has 4 heteroatoms. The average Bonchev–Trinajstić information content (AvgIpc) is 2.61. The van der Waals surface area contributed by atoms with E-state index in [2.05, 4.69) is 33.0 Å². The van der Waals surface area contributed by atoms with Gasteiger partial charge in [-0.1, -0.05) is 28.1 Å². The number of carboxylic acids is 1. The standard InChI is InChI=1S/C13H16BrNO2/c1-13(12(16)17)5-6-15(9-13)8-10-3-2-4-11(14)7-10/h2-4,7H,5-6,8-9H2,1H3,(H,16,17). The molecule has 0 spiro atoms. The number of benzene rings is 1. The Balaban J connectivity index is 2.01. The molecule has 1 fully saturated rings. The number of halogens is 1. The van der Waals surface area contributed by atoms with Crippen LogP contribution < -0.4 is 0 Å². The molecule has 0 radical (unpaired) electrons. The first-order valence-corrected chi connectivity index (χ1v) is 6.49. The third-order valence-corrected chi connectivity index (χ3v) is 3.86. The fraction of sp³-hybridized carbons (Fsp3) is 0.462. The van der Waals surface area contributed by atoms with Gasteiger partial charge in [0.15, 0.2) is 0 Å². The number of hydrogen-bond donors (Lipinski definition) is 1. The van der Waals surface area contributed by atoms with Gasteiger partial charge in [0.1, 0.15) is 0 Å². The van der Waals surface area contributed by atoms with Crippen molar-refractivity contribution in [3.63, 3.8) is 0 Å². The molecule has 3 nitrogen and oxygen atoms in total. The smallest absolute Gasteiger partial charge is 0.310 e. The predicted octanol–water partition coefficient (Wildman–Crippen LogP) is 2.75. The van der Waals surface area contributed by atoms with Crippen LogP contribution >= 0.6 is 15.9 Å². The van der Waals surface area contributed by atoms with Gasteiger partial charge in [0.25, 0.3) is 0 Å². The van der Waals surface area contributed by atoms with E-state index in [0.29, 0.717) is 6.54 Å². The minimum absolute atomic E-state index is 0.577. The molecule has 0 bridgehead atoms. The number of hydrogen-bond acceptors (Lipinski definition) is 2. The van der Waals surface area contributed by atoms with E-state index >= 15 is 0 Å². The fourth-order valence-electron chi connectivity index (χ4n) is 2.26. The molecule has 0 aromatic heterocycles. The maximum Gasteiger partial charge on any atom is 0.310 e. The van der Waals surface area contributed by atoms with Crippen molar-refractivity contribution in [2.45, 2.75) is 19.9 Å². The average molecular weight is 298 g/mol. The lowest BCUT2D eigenvalue weighted by atomic mass is 9.90. The van der Waals surface area contributed by atoms with Gasteiger partial charge in [-0.05, 0) is 37.6 Å². The molecule has 1 aromatic rings. The highest BCUT2D eigenvalue weighted by Gasteiger charge is 2.40. The van der Waals surface area contributed by atoms with Crippen LogP contribution in [0.3, 0.4) is 0 Å². The number of aliphatic carboxylic acids is 1. The van der Waals surface area contributed by atoms with E-state index in [0.717, 1.165) is 24.0 Å². The monoisotopic (exact) mass is 297 g/mol. The van der Waals surface area contributed by atoms with Crippen molar-refractivity contribution < 1.29 is 9.90 Å². The Hall–Kier alpha value is -0.870. The van der Waals surface area contributed by atoms with Crippen LogP contribution in [0, 0.1) is 5.41 Å². The van der Waals surface area contributed by atoms with E-state index in [1.54, 1.807) is 0 Å². The first kappa shape index (κ1) is 12.6. The first-order valence-electron chi connectivity index (χ1n) is 5.70. The van der Waals surface area contributed by atoms with Crippen LogP contribution in [0.2, 0.25) is 0 Å². The van der Waals surface area contributed by atoms with Crippen LogP contribution in [-0.2, 0) is 11.3 Å². The Labute approximate surface area is 110 Å². The molecular weight excluding hydrogens is 282 g/mol. The molecule has 0 amide bonds. The molecule has 1 aliphatic rings. The Morgan fingerprint density at radius 3 is 2.94 bits per heavy atom. The van der Waals surface area contributed by atoms with Gasteiger partial charge in [-0.3, -0.25) is 9.69 Å². The lowest BCUT2D eigenvalue weighted by molar-refractivity contribution is -0.147. The molecule has 92 valence electrons. The minimum Gasteiger partial charge on any atom is -0.481 e. The van der Waals surface area contributed by atoms with Crippen molar-refractivity contribution in [3.05, 3.63) is 34.3 Å². The molecule has 1 unspecified atom stereocenters. The molecule has 1 atom stereocenters. The second kappa shape index (κ2) is 4.78. The molecule has 1 saturated heterocycles. The molecule has 2 rings (SSSR count). The minimum atomic E-state index is -0.686. The fourth-order valence-corrected chi connectivity index (χ4v) is 2.71. The SMILES string of the molecule is CC1(C(=O)O)CCN(Cc2cccc(Br)c2)C1. The van der Waals surface area contributed by atoms with Crippen molar-refractivity contribution in [1.29, 1.82) is 0 Å². The summed E-state index contributed by atoms with van der Waals surface area (Å²) < 4.78 is 1.06. The number of nitrogens with zero attached hydrogens (tertiary/aromatic N) is 1. The lowest BCUT2D eigenvalue weighted by Crippen LogP contribution is -2.31. The summed E-state index contributed by atoms with van der Waals surface area (Å²) in [6.45, 7) is 4.14. The van der Waals surface area contributed by atoms with Gasteiger partial charge in [0, 0.05) is 17.6 Å². The quantitative estimate of drug-likeness (QED) is 0.933. The van der Waals surface area contributed by atoms with Crippen molar-refractivity contribution >= 4 is 21.9 Å². The van der Waals surface area contributed by atoms with Gasteiger partial charge in [-0.15, -0.1) is 0 Å². The normalized spacial score (nSPS) is 25.1. The van der Waals surface area contributed by atoms with Gasteiger partial charge in [0.05, 0.1) is 5.41 Å². The summed E-state index contributed by atoms with van der Waals surface area (Å²) in [4.78, 5) is 13.3. The molecule has 0 aliphatic carbocycles. The van der Waals surface area contributed by atoms with Crippen LogP contribution in [0.1, 0.15) is 18.9 Å². The highest BCUT2D eigenvalue weighted by atomic mass is 79.9. The van der Waals surface area contributed by atoms with E-state index < -0.39 is 11.4 Å². The third-order valence-electron chi connectivity index (χ3n) is 3.36. The number of likely N-dealkylation sites (tertiary alicyclic amines) is 1. The zero-order valence-corrected chi connectivity index (χ0v) is 11.4. The summed E-state index contributed by atoms with van der Waals surface area (Å²) in [5, 5.41) is 9.17. The number of rotatable bonds is 3. The summed E-state index contributed by atoms with van der Waals surface area (Å²) in [7, 11) is 0. The third kappa shape index (κ3) is 2.87. The second-order valence-electron chi connectivity index (χ2n) is 4.96. The molecule has 1 N–H and O–H groups in total. The van der Waals surface area contributed by atoms with E-state index in [9.17, 15) is 4.79 Å². The molecule has 1 aliphatic heterocycles. The van der Waals surface area contributed by atoms with Crippen LogP contribution in [0.4, 0.5) is 0 Å². The van der Waals surface area contributed by atoms with E-state index in [-0.39, 0.29) is 0 Å². The Morgan fingerprint density at radius 1 is 1.59 bits per heavy atom. The largest absolute Gasteiger partial charge is 0.481 e. The van der Waals surface area contributed by atoms with Crippen LogP contribution in [-0.4, -0.2) is 29.1 Å². The summed E-state index contributed by atoms with van der Waals surface area (Å²) in [6.07, 6.45) is 0.732. The summed E-state index contributed by atoms with van der Waals surface area (Å²) in [5.74, 6) is -0.686. The van der Waals surface area contributed by atoms with E-state index in [1.807, 2.05) is 19.1 Å². The molecule has 17 heavy (non-hydrogen) atoms. The van der Waals surface area contributed by atoms with Crippen LogP contribution in [0.25, 0.3) is 0 Å². The Morgan fingerprint density at radius 2 is 2.35 bits per heavy atom. The van der Waals surface area contributed by atoms with Crippen molar-refractivity contribution in [3.8, 4) is 0 Å². The Bertz CT molecular complexity index is 435. The van der Waals surface area contributed by atoms with Gasteiger partial charge in [-0.25, -0.2) is 0 Å². The zero-order chi connectivity index (χ0) is 12.5. The van der Waals surface area contributed by atoms with E-state index in [4.69, 9.17) is 5.11 Å². The maximum atomic E-state index is 11.1. The van der Waals surface area contributed by atoms with Crippen molar-refractivity contribution in [1.82, 2.24) is 4.90 Å². The van der Waals surface area contributed by atoms with Gasteiger partial charge < -0.3 is 5.11 Å². The van der Waals surface area contributed by atoms with Crippen molar-refractivity contribution in [2.75, 3.05) is 13.1 Å². The van der Waals surface area contributed by atoms with Gasteiger partial charge in [-0.2, -0.15) is 0 Å². The summed E-state index contributed by atoms with van der Waals surface area (Å²) in [5.41, 5.74) is 0.639. The highest BCUT2D eigenvalue weighted by Crippen LogP contribution is 2.31. The maximum absolute atomic E-state index is 11.1. The second-order valence-corrected chi connectivity index (χ2v) is 5.87. The highest BCUT2D eigenvalue weighted by molar-refractivity contribution is 9.10. The topological polar surface area (TPSA) is 40.5 Å². The summed E-state index contributed by atoms with van der Waals surface area (Å²) >= 11 is 3.44. The van der Waals surface area contributed by atoms with Crippen molar-refractivity contribution in [2.24, 2.45) is 5.41 Å². The van der Waals surface area contributed by atoms with E-state index in [1.165, 1.54) is 5.56 Å². The molecular formula is C13H16BrNO2. The van der Waals surface area contributed by atoms with Crippen LogP contribution in [0.15, 0.2) is 28.7 Å². The van der Waals surface area contributed by atoms with Gasteiger partial charge in [0.2, 0.25) is 0 Å². The first-order chi connectivity index (χ1) is 7.99. The zero-order valence-electron chi connectivity index (χ0n) is 9.82. The molecule has 1 aromatic carbocycles. The number of carbonyl (C=O) groups is 1. The predicted molar refractivity (Wildman–Crippen MR) is 69.8 cm³/mol. The number of carboxylic acid groups (broad SMARTS) is 1. The van der Waals surface area contributed by atoms with Gasteiger partial charge >= 0.3 is 5.97 Å². The summed E-state index contributed by atoms with van der Waals surface area (Å²) in [6, 6.07) is 8.15. The molecule has 0 saturated carbocycles. The Kier molecular flexibility index (Phi) is 3.54. The lowest BCUT2D eigenvalue weighted by Gasteiger charge is -2.20. The molecule has 1 heterocycles.